The van der Waals surface area contributed by atoms with Crippen LogP contribution in [0.15, 0.2) is 11.6 Å². The predicted octanol–water partition coefficient (Wildman–Crippen LogP) is 1.20. The first-order chi connectivity index (χ1) is 8.40. The molecule has 6 nitrogen and oxygen atoms in total. The van der Waals surface area contributed by atoms with Crippen molar-refractivity contribution >= 4 is 17.9 Å². The lowest BCUT2D eigenvalue weighted by Crippen LogP contribution is -2.31. The molecule has 0 saturated carbocycles. The molecule has 2 unspecified atom stereocenters. The van der Waals surface area contributed by atoms with Crippen LogP contribution in [0.5, 0.6) is 0 Å². The van der Waals surface area contributed by atoms with Crippen molar-refractivity contribution in [1.82, 2.24) is 0 Å². The Morgan fingerprint density at radius 1 is 1.28 bits per heavy atom. The van der Waals surface area contributed by atoms with E-state index in [4.69, 9.17) is 14.9 Å². The van der Waals surface area contributed by atoms with Crippen molar-refractivity contribution < 1.29 is 29.3 Å². The van der Waals surface area contributed by atoms with Gasteiger partial charge in [-0.1, -0.05) is 13.0 Å². The van der Waals surface area contributed by atoms with Crippen LogP contribution in [0.25, 0.3) is 0 Å². The van der Waals surface area contributed by atoms with Gasteiger partial charge in [0.2, 0.25) is 0 Å². The fourth-order valence-corrected chi connectivity index (χ4v) is 1.83. The Balaban J connectivity index is 2.59. The van der Waals surface area contributed by atoms with E-state index in [0.29, 0.717) is 5.57 Å². The lowest BCUT2D eigenvalue weighted by Gasteiger charge is -2.27. The first kappa shape index (κ1) is 14.2. The zero-order chi connectivity index (χ0) is 13.7. The average Bonchev–Trinajstić information content (AvgIpc) is 2.27. The van der Waals surface area contributed by atoms with Gasteiger partial charge in [0.15, 0.2) is 0 Å². The van der Waals surface area contributed by atoms with E-state index in [1.165, 1.54) is 0 Å². The number of aliphatic carboxylic acids is 2. The topological polar surface area (TPSA) is 101 Å². The molecule has 0 radical (unpaired) electrons. The second-order valence-electron chi connectivity index (χ2n) is 4.32. The quantitative estimate of drug-likeness (QED) is 0.692. The highest BCUT2D eigenvalue weighted by atomic mass is 16.5. The van der Waals surface area contributed by atoms with Crippen molar-refractivity contribution in [2.45, 2.75) is 38.7 Å². The van der Waals surface area contributed by atoms with Crippen LogP contribution in [-0.2, 0) is 19.1 Å². The summed E-state index contributed by atoms with van der Waals surface area (Å²) >= 11 is 0. The molecule has 0 saturated heterocycles. The third kappa shape index (κ3) is 4.20. The first-order valence-electron chi connectivity index (χ1n) is 5.75. The number of hydrogen-bond acceptors (Lipinski definition) is 4. The highest BCUT2D eigenvalue weighted by Crippen LogP contribution is 2.25. The molecule has 18 heavy (non-hydrogen) atoms. The number of cyclic esters (lactones) is 1. The van der Waals surface area contributed by atoms with Crippen LogP contribution in [0.2, 0.25) is 0 Å². The van der Waals surface area contributed by atoms with Crippen molar-refractivity contribution in [1.29, 1.82) is 0 Å². The maximum absolute atomic E-state index is 11.6. The van der Waals surface area contributed by atoms with E-state index in [1.807, 2.05) is 6.92 Å². The van der Waals surface area contributed by atoms with Gasteiger partial charge in [0.25, 0.3) is 0 Å². The van der Waals surface area contributed by atoms with E-state index in [9.17, 15) is 14.4 Å². The summed E-state index contributed by atoms with van der Waals surface area (Å²) in [6.45, 7) is 1.82. The summed E-state index contributed by atoms with van der Waals surface area (Å²) in [5.41, 5.74) is 0.358. The standard InChI is InChI=1S/C12H16O6/c1-7-6-8(2-4-10(13)14)12(17)18-9(7)3-5-11(15)16/h6-7,9H,2-5H2,1H3,(H,13,14)(H,15,16). The molecule has 0 spiro atoms. The van der Waals surface area contributed by atoms with Gasteiger partial charge in [0, 0.05) is 24.3 Å². The van der Waals surface area contributed by atoms with Gasteiger partial charge in [0.05, 0.1) is 0 Å². The van der Waals surface area contributed by atoms with Gasteiger partial charge in [-0.05, 0) is 12.8 Å². The molecule has 0 amide bonds. The van der Waals surface area contributed by atoms with Gasteiger partial charge in [0.1, 0.15) is 6.10 Å². The second-order valence-corrected chi connectivity index (χ2v) is 4.32. The SMILES string of the molecule is CC1C=C(CCC(=O)O)C(=O)OC1CCC(=O)O. The van der Waals surface area contributed by atoms with Crippen LogP contribution in [0, 0.1) is 5.92 Å². The number of carboxylic acid groups (broad SMARTS) is 2. The van der Waals surface area contributed by atoms with Gasteiger partial charge in [-0.3, -0.25) is 9.59 Å². The zero-order valence-electron chi connectivity index (χ0n) is 10.1. The smallest absolute Gasteiger partial charge is 0.333 e. The maximum atomic E-state index is 11.6. The fraction of sp³-hybridized carbons (Fsp3) is 0.583. The number of carbonyl (C=O) groups excluding carboxylic acids is 1. The zero-order valence-corrected chi connectivity index (χ0v) is 10.1. The van der Waals surface area contributed by atoms with Gasteiger partial charge in [-0.2, -0.15) is 0 Å². The average molecular weight is 256 g/mol. The summed E-state index contributed by atoms with van der Waals surface area (Å²) in [5.74, 6) is -2.53. The number of rotatable bonds is 6. The lowest BCUT2D eigenvalue weighted by atomic mass is 9.93. The summed E-state index contributed by atoms with van der Waals surface area (Å²) in [5, 5.41) is 17.1. The maximum Gasteiger partial charge on any atom is 0.333 e. The number of carbonyl (C=O) groups is 3. The normalized spacial score (nSPS) is 23.2. The van der Waals surface area contributed by atoms with E-state index >= 15 is 0 Å². The molecule has 6 heteroatoms. The number of ether oxygens (including phenoxy) is 1. The third-order valence-electron chi connectivity index (χ3n) is 2.82. The van der Waals surface area contributed by atoms with E-state index < -0.39 is 24.0 Å². The molecule has 2 N–H and O–H groups in total. The summed E-state index contributed by atoms with van der Waals surface area (Å²) in [7, 11) is 0. The minimum absolute atomic E-state index is 0.0550. The van der Waals surface area contributed by atoms with Crippen LogP contribution in [-0.4, -0.2) is 34.2 Å². The van der Waals surface area contributed by atoms with E-state index in [2.05, 4.69) is 0 Å². The number of hydrogen-bond donors (Lipinski definition) is 2. The van der Waals surface area contributed by atoms with Crippen LogP contribution < -0.4 is 0 Å². The molecule has 2 atom stereocenters. The van der Waals surface area contributed by atoms with Crippen LogP contribution >= 0.6 is 0 Å². The molecule has 1 heterocycles. The summed E-state index contributed by atoms with van der Waals surface area (Å²) in [4.78, 5) is 32.5. The minimum Gasteiger partial charge on any atom is -0.481 e. The summed E-state index contributed by atoms with van der Waals surface area (Å²) in [6.07, 6.45) is 1.48. The van der Waals surface area contributed by atoms with Gasteiger partial charge < -0.3 is 14.9 Å². The Labute approximate surface area is 104 Å². The fourth-order valence-electron chi connectivity index (χ4n) is 1.83. The van der Waals surface area contributed by atoms with Crippen molar-refractivity contribution in [2.75, 3.05) is 0 Å². The van der Waals surface area contributed by atoms with Crippen molar-refractivity contribution in [3.63, 3.8) is 0 Å². The molecule has 1 aliphatic heterocycles. The molecule has 0 aromatic rings. The number of esters is 1. The van der Waals surface area contributed by atoms with E-state index in [-0.39, 0.29) is 31.6 Å². The van der Waals surface area contributed by atoms with Crippen molar-refractivity contribution in [2.24, 2.45) is 5.92 Å². The summed E-state index contributed by atoms with van der Waals surface area (Å²) in [6, 6.07) is 0. The van der Waals surface area contributed by atoms with E-state index in [0.717, 1.165) is 0 Å². The second kappa shape index (κ2) is 6.18. The Hall–Kier alpha value is -1.85. The predicted molar refractivity (Wildman–Crippen MR) is 60.9 cm³/mol. The molecule has 0 aromatic carbocycles. The minimum atomic E-state index is -0.968. The molecule has 100 valence electrons. The van der Waals surface area contributed by atoms with Gasteiger partial charge in [-0.25, -0.2) is 4.79 Å². The summed E-state index contributed by atoms with van der Waals surface area (Å²) < 4.78 is 5.13. The van der Waals surface area contributed by atoms with Crippen molar-refractivity contribution in [3.8, 4) is 0 Å². The highest BCUT2D eigenvalue weighted by molar-refractivity contribution is 5.90. The Morgan fingerprint density at radius 2 is 1.89 bits per heavy atom. The molecule has 1 aliphatic rings. The van der Waals surface area contributed by atoms with Crippen LogP contribution in [0.4, 0.5) is 0 Å². The van der Waals surface area contributed by atoms with Crippen molar-refractivity contribution in [3.05, 3.63) is 11.6 Å². The molecule has 0 fully saturated rings. The monoisotopic (exact) mass is 256 g/mol. The molecule has 0 aliphatic carbocycles. The lowest BCUT2D eigenvalue weighted by molar-refractivity contribution is -0.150. The van der Waals surface area contributed by atoms with Crippen LogP contribution in [0.1, 0.15) is 32.6 Å². The molecule has 1 rings (SSSR count). The molecule has 0 bridgehead atoms. The van der Waals surface area contributed by atoms with Gasteiger partial charge >= 0.3 is 17.9 Å². The van der Waals surface area contributed by atoms with E-state index in [1.54, 1.807) is 6.08 Å². The Kier molecular flexibility index (Phi) is 4.88. The molecular formula is C12H16O6. The van der Waals surface area contributed by atoms with Gasteiger partial charge in [-0.15, -0.1) is 0 Å². The molecule has 0 aromatic heterocycles. The first-order valence-corrected chi connectivity index (χ1v) is 5.75. The third-order valence-corrected chi connectivity index (χ3v) is 2.82. The molecular weight excluding hydrogens is 240 g/mol. The Bertz CT molecular complexity index is 384. The highest BCUT2D eigenvalue weighted by Gasteiger charge is 2.28. The number of carboxylic acids is 2. The largest absolute Gasteiger partial charge is 0.481 e. The Morgan fingerprint density at radius 3 is 2.44 bits per heavy atom. The van der Waals surface area contributed by atoms with Crippen LogP contribution in [0.3, 0.4) is 0 Å².